The lowest BCUT2D eigenvalue weighted by atomic mass is 10.1. The van der Waals surface area contributed by atoms with Crippen LogP contribution >= 0.6 is 0 Å². The number of hydroxylamine groups is 2. The highest BCUT2D eigenvalue weighted by molar-refractivity contribution is 5.94. The van der Waals surface area contributed by atoms with Gasteiger partial charge < -0.3 is 5.11 Å². The van der Waals surface area contributed by atoms with Crippen molar-refractivity contribution in [3.8, 4) is 11.6 Å². The van der Waals surface area contributed by atoms with Crippen LogP contribution in [-0.4, -0.2) is 65.7 Å². The summed E-state index contributed by atoms with van der Waals surface area (Å²) in [7, 11) is 2.98. The van der Waals surface area contributed by atoms with E-state index in [9.17, 15) is 23.5 Å². The maximum absolute atomic E-state index is 13.1. The van der Waals surface area contributed by atoms with Gasteiger partial charge in [0.2, 0.25) is 0 Å². The first-order valence-electron chi connectivity index (χ1n) is 15.3. The Morgan fingerprint density at radius 3 is 1.51 bits per heavy atom. The first-order chi connectivity index (χ1) is 23.7. The quantitative estimate of drug-likeness (QED) is 0.144. The number of carbonyl (C=O) groups is 2. The molecular weight excluding hydrogens is 656 g/mol. The zero-order valence-electron chi connectivity index (χ0n) is 26.8. The number of hydrogen-bond donors (Lipinski definition) is 1. The highest BCUT2D eigenvalue weighted by atomic mass is 19.1. The van der Waals surface area contributed by atoms with E-state index < -0.39 is 5.97 Å². The van der Waals surface area contributed by atoms with Gasteiger partial charge in [-0.2, -0.15) is 10.2 Å². The van der Waals surface area contributed by atoms with Gasteiger partial charge in [0.1, 0.15) is 17.2 Å². The van der Waals surface area contributed by atoms with E-state index in [-0.39, 0.29) is 38.0 Å². The van der Waals surface area contributed by atoms with Crippen molar-refractivity contribution in [1.29, 1.82) is 0 Å². The molecule has 6 aromatic rings. The number of rotatable bonds is 11. The van der Waals surface area contributed by atoms with Crippen molar-refractivity contribution < 1.29 is 28.3 Å². The molecule has 0 aliphatic rings. The number of aromatic carboxylic acids is 1. The Morgan fingerprint density at radius 2 is 1.12 bits per heavy atom. The maximum atomic E-state index is 13.1. The second-order valence-electron chi connectivity index (χ2n) is 10.8. The SMILES string of the molecule is C.C.CON(C)C(=O)c1cn(-c2ccccn2)nc1CCc1ccc(F)cc1.O=C(O)c1cn(-c2ccccn2)nc1CCc1ccc(F)cc1. The summed E-state index contributed by atoms with van der Waals surface area (Å²) < 4.78 is 29.0. The Labute approximate surface area is 295 Å². The number of amides is 1. The summed E-state index contributed by atoms with van der Waals surface area (Å²) in [6.45, 7) is 0. The molecule has 0 bridgehead atoms. The molecular formula is C38H41F2N7O4. The van der Waals surface area contributed by atoms with Gasteiger partial charge in [0.05, 0.1) is 24.1 Å². The Hall–Kier alpha value is -6.08. The Balaban J connectivity index is 0.000000267. The van der Waals surface area contributed by atoms with E-state index in [1.54, 1.807) is 66.7 Å². The molecule has 0 aliphatic heterocycles. The summed E-state index contributed by atoms with van der Waals surface area (Å²) in [6, 6.07) is 23.3. The molecule has 51 heavy (non-hydrogen) atoms. The van der Waals surface area contributed by atoms with Crippen molar-refractivity contribution in [1.82, 2.24) is 34.6 Å². The molecule has 4 heterocycles. The van der Waals surface area contributed by atoms with E-state index in [0.717, 1.165) is 16.2 Å². The minimum Gasteiger partial charge on any atom is -0.478 e. The minimum absolute atomic E-state index is 0. The number of pyridine rings is 2. The van der Waals surface area contributed by atoms with Gasteiger partial charge in [-0.05, 0) is 85.3 Å². The topological polar surface area (TPSA) is 128 Å². The van der Waals surface area contributed by atoms with E-state index >= 15 is 0 Å². The summed E-state index contributed by atoms with van der Waals surface area (Å²) in [4.78, 5) is 37.4. The number of aryl methyl sites for hydroxylation is 4. The molecule has 1 amide bonds. The molecule has 0 unspecified atom stereocenters. The summed E-state index contributed by atoms with van der Waals surface area (Å²) >= 11 is 0. The van der Waals surface area contributed by atoms with Crippen molar-refractivity contribution in [2.24, 2.45) is 0 Å². The Morgan fingerprint density at radius 1 is 0.686 bits per heavy atom. The smallest absolute Gasteiger partial charge is 0.339 e. The first-order valence-corrected chi connectivity index (χ1v) is 15.3. The van der Waals surface area contributed by atoms with Gasteiger partial charge >= 0.3 is 5.97 Å². The molecule has 2 aromatic carbocycles. The summed E-state index contributed by atoms with van der Waals surface area (Å²) in [5, 5.41) is 19.4. The Bertz CT molecular complexity index is 1980. The lowest BCUT2D eigenvalue weighted by molar-refractivity contribution is -0.0757. The average Bonchev–Trinajstić information content (AvgIpc) is 3.77. The molecule has 0 radical (unpaired) electrons. The van der Waals surface area contributed by atoms with Crippen molar-refractivity contribution in [3.05, 3.63) is 155 Å². The van der Waals surface area contributed by atoms with Crippen molar-refractivity contribution in [3.63, 3.8) is 0 Å². The molecule has 11 nitrogen and oxygen atoms in total. The van der Waals surface area contributed by atoms with Crippen LogP contribution in [0.3, 0.4) is 0 Å². The third-order valence-electron chi connectivity index (χ3n) is 7.50. The normalized spacial score (nSPS) is 10.3. The second-order valence-corrected chi connectivity index (χ2v) is 10.8. The number of hydrogen-bond acceptors (Lipinski definition) is 7. The monoisotopic (exact) mass is 697 g/mol. The fourth-order valence-corrected chi connectivity index (χ4v) is 4.84. The van der Waals surface area contributed by atoms with Crippen LogP contribution in [0.1, 0.15) is 58.1 Å². The molecule has 0 aliphatic carbocycles. The molecule has 0 saturated carbocycles. The fourth-order valence-electron chi connectivity index (χ4n) is 4.84. The van der Waals surface area contributed by atoms with Gasteiger partial charge in [-0.25, -0.2) is 38.0 Å². The largest absolute Gasteiger partial charge is 0.478 e. The highest BCUT2D eigenvalue weighted by Gasteiger charge is 2.21. The zero-order chi connectivity index (χ0) is 34.8. The lowest BCUT2D eigenvalue weighted by Gasteiger charge is -2.13. The average molecular weight is 698 g/mol. The van der Waals surface area contributed by atoms with Gasteiger partial charge in [-0.3, -0.25) is 9.63 Å². The van der Waals surface area contributed by atoms with Crippen LogP contribution in [0.2, 0.25) is 0 Å². The summed E-state index contributed by atoms with van der Waals surface area (Å²) in [5.74, 6) is -0.701. The number of carboxylic acid groups (broad SMARTS) is 1. The number of nitrogens with zero attached hydrogens (tertiary/aromatic N) is 7. The number of carboxylic acids is 1. The highest BCUT2D eigenvalue weighted by Crippen LogP contribution is 2.17. The van der Waals surface area contributed by atoms with Crippen LogP contribution in [0.25, 0.3) is 11.6 Å². The predicted molar refractivity (Wildman–Crippen MR) is 190 cm³/mol. The van der Waals surface area contributed by atoms with Crippen molar-refractivity contribution >= 4 is 11.9 Å². The molecule has 6 rings (SSSR count). The molecule has 4 aromatic heterocycles. The number of carbonyl (C=O) groups excluding carboxylic acids is 1. The molecule has 0 spiro atoms. The standard InChI is InChI=1S/C19H19FN4O2.C17H14FN3O2.2CH4/c1-23(26-2)19(25)16-13-24(18-5-3-4-12-21-18)22-17(16)11-8-14-6-9-15(20)10-7-14;18-13-7-4-12(5-8-13)6-9-15-14(17(22)23)11-21(20-15)16-3-1-2-10-19-16;;/h3-7,9-10,12-13H,8,11H2,1-2H3;1-5,7-8,10-11H,6,9H2,(H,22,23);2*1H4. The number of benzene rings is 2. The van der Waals surface area contributed by atoms with Crippen LogP contribution in [0.4, 0.5) is 8.78 Å². The predicted octanol–water partition coefficient (Wildman–Crippen LogP) is 6.99. The van der Waals surface area contributed by atoms with E-state index in [2.05, 4.69) is 20.2 Å². The number of aromatic nitrogens is 6. The molecule has 0 atom stereocenters. The van der Waals surface area contributed by atoms with Crippen LogP contribution < -0.4 is 0 Å². The fraction of sp³-hybridized carbons (Fsp3) is 0.211. The van der Waals surface area contributed by atoms with E-state index in [1.165, 1.54) is 42.3 Å². The summed E-state index contributed by atoms with van der Waals surface area (Å²) in [6.07, 6.45) is 8.60. The lowest BCUT2D eigenvalue weighted by Crippen LogP contribution is -2.26. The van der Waals surface area contributed by atoms with Gasteiger partial charge in [-0.15, -0.1) is 0 Å². The molecule has 266 valence electrons. The van der Waals surface area contributed by atoms with Crippen LogP contribution in [0.5, 0.6) is 0 Å². The van der Waals surface area contributed by atoms with Crippen molar-refractivity contribution in [2.75, 3.05) is 14.2 Å². The van der Waals surface area contributed by atoms with Crippen LogP contribution in [0, 0.1) is 11.6 Å². The second kappa shape index (κ2) is 18.6. The van der Waals surface area contributed by atoms with E-state index in [0.29, 0.717) is 54.3 Å². The minimum atomic E-state index is -1.03. The van der Waals surface area contributed by atoms with Gasteiger partial charge in [0, 0.05) is 31.8 Å². The van der Waals surface area contributed by atoms with Gasteiger partial charge in [0.25, 0.3) is 5.91 Å². The van der Waals surface area contributed by atoms with Gasteiger partial charge in [0.15, 0.2) is 11.6 Å². The summed E-state index contributed by atoms with van der Waals surface area (Å²) in [5.41, 5.74) is 3.61. The van der Waals surface area contributed by atoms with E-state index in [1.807, 2.05) is 24.3 Å². The number of halogens is 2. The third-order valence-corrected chi connectivity index (χ3v) is 7.50. The molecule has 13 heteroatoms. The van der Waals surface area contributed by atoms with E-state index in [4.69, 9.17) is 4.84 Å². The molecule has 1 N–H and O–H groups in total. The van der Waals surface area contributed by atoms with Gasteiger partial charge in [-0.1, -0.05) is 51.3 Å². The Kier molecular flexibility index (Phi) is 14.4. The third kappa shape index (κ3) is 10.5. The van der Waals surface area contributed by atoms with Crippen molar-refractivity contribution in [2.45, 2.75) is 40.5 Å². The molecule has 0 fully saturated rings. The first kappa shape index (κ1) is 39.4. The molecule has 0 saturated heterocycles. The van der Waals surface area contributed by atoms with Crippen LogP contribution in [0.15, 0.2) is 110 Å². The van der Waals surface area contributed by atoms with Crippen LogP contribution in [-0.2, 0) is 30.5 Å². The zero-order valence-corrected chi connectivity index (χ0v) is 26.8. The maximum Gasteiger partial charge on any atom is 0.339 e.